The van der Waals surface area contributed by atoms with Crippen LogP contribution in [0.4, 0.5) is 11.4 Å². The first-order valence-electron chi connectivity index (χ1n) is 7.97. The van der Waals surface area contributed by atoms with Gasteiger partial charge in [0.2, 0.25) is 10.0 Å². The monoisotopic (exact) mass is 375 g/mol. The summed E-state index contributed by atoms with van der Waals surface area (Å²) >= 11 is 0. The number of hydrogen-bond donors (Lipinski definition) is 0. The van der Waals surface area contributed by atoms with E-state index in [1.54, 1.807) is 35.2 Å². The van der Waals surface area contributed by atoms with Crippen LogP contribution in [0, 0.1) is 10.1 Å². The van der Waals surface area contributed by atoms with Crippen molar-refractivity contribution in [2.24, 2.45) is 0 Å². The first-order chi connectivity index (χ1) is 12.4. The Labute approximate surface area is 150 Å². The fraction of sp³-hybridized carbons (Fsp3) is 0.235. The molecule has 2 aromatic carbocycles. The van der Waals surface area contributed by atoms with Crippen LogP contribution in [0.15, 0.2) is 53.4 Å². The number of hydrogen-bond acceptors (Lipinski definition) is 6. The number of nitrogens with zero attached hydrogens (tertiary/aromatic N) is 3. The van der Waals surface area contributed by atoms with E-state index >= 15 is 0 Å². The van der Waals surface area contributed by atoms with Gasteiger partial charge < -0.3 is 4.90 Å². The third-order valence-corrected chi connectivity index (χ3v) is 6.21. The van der Waals surface area contributed by atoms with E-state index in [2.05, 4.69) is 0 Å². The lowest BCUT2D eigenvalue weighted by Gasteiger charge is -2.35. The summed E-state index contributed by atoms with van der Waals surface area (Å²) in [6.07, 6.45) is 0.557. The molecule has 1 aliphatic heterocycles. The van der Waals surface area contributed by atoms with Gasteiger partial charge in [-0.15, -0.1) is 0 Å². The van der Waals surface area contributed by atoms with E-state index in [0.29, 0.717) is 25.1 Å². The van der Waals surface area contributed by atoms with Gasteiger partial charge in [0.05, 0.1) is 9.82 Å². The fourth-order valence-corrected chi connectivity index (χ4v) is 4.38. The number of nitro groups is 1. The van der Waals surface area contributed by atoms with Crippen LogP contribution in [0.3, 0.4) is 0 Å². The third kappa shape index (κ3) is 3.44. The van der Waals surface area contributed by atoms with E-state index in [1.165, 1.54) is 22.5 Å². The van der Waals surface area contributed by atoms with E-state index < -0.39 is 14.9 Å². The Morgan fingerprint density at radius 1 is 1.00 bits per heavy atom. The molecule has 1 saturated heterocycles. The number of carbonyl (C=O) groups is 1. The molecule has 0 spiro atoms. The zero-order chi connectivity index (χ0) is 18.7. The number of sulfonamides is 1. The van der Waals surface area contributed by atoms with E-state index in [0.717, 1.165) is 0 Å². The normalized spacial score (nSPS) is 15.6. The largest absolute Gasteiger partial charge is 0.363 e. The average Bonchev–Trinajstić information content (AvgIpc) is 2.68. The summed E-state index contributed by atoms with van der Waals surface area (Å²) in [5.74, 6) is 0. The van der Waals surface area contributed by atoms with Crippen molar-refractivity contribution in [2.75, 3.05) is 31.1 Å². The predicted octanol–water partition coefficient (Wildman–Crippen LogP) is 1.92. The van der Waals surface area contributed by atoms with Crippen LogP contribution in [0.2, 0.25) is 0 Å². The Morgan fingerprint density at radius 2 is 1.65 bits per heavy atom. The van der Waals surface area contributed by atoms with Crippen molar-refractivity contribution in [1.82, 2.24) is 4.31 Å². The first-order valence-corrected chi connectivity index (χ1v) is 9.41. The van der Waals surface area contributed by atoms with E-state index in [-0.39, 0.29) is 29.2 Å². The number of anilines is 1. The molecule has 8 nitrogen and oxygen atoms in total. The van der Waals surface area contributed by atoms with Gasteiger partial charge in [-0.05, 0) is 24.3 Å². The number of piperazine rings is 1. The molecule has 0 aliphatic carbocycles. The highest BCUT2D eigenvalue weighted by Gasteiger charge is 2.30. The van der Waals surface area contributed by atoms with Gasteiger partial charge in [-0.2, -0.15) is 4.31 Å². The van der Waals surface area contributed by atoms with Crippen molar-refractivity contribution in [2.45, 2.75) is 4.90 Å². The highest BCUT2D eigenvalue weighted by Crippen LogP contribution is 2.30. The minimum atomic E-state index is -3.58. The van der Waals surface area contributed by atoms with Crippen molar-refractivity contribution in [3.8, 4) is 0 Å². The Kier molecular flexibility index (Phi) is 5.01. The van der Waals surface area contributed by atoms with Gasteiger partial charge in [0.1, 0.15) is 12.0 Å². The number of rotatable bonds is 5. The maximum Gasteiger partial charge on any atom is 0.293 e. The van der Waals surface area contributed by atoms with Crippen molar-refractivity contribution >= 4 is 27.7 Å². The molecule has 136 valence electrons. The molecule has 9 heteroatoms. The molecular formula is C17H17N3O5S. The minimum Gasteiger partial charge on any atom is -0.363 e. The molecule has 0 radical (unpaired) electrons. The predicted molar refractivity (Wildman–Crippen MR) is 95.9 cm³/mol. The van der Waals surface area contributed by atoms with Crippen molar-refractivity contribution < 1.29 is 18.1 Å². The third-order valence-electron chi connectivity index (χ3n) is 4.29. The summed E-state index contributed by atoms with van der Waals surface area (Å²) in [5, 5.41) is 11.3. The lowest BCUT2D eigenvalue weighted by Crippen LogP contribution is -2.48. The SMILES string of the molecule is O=Cc1ccc(N2CCN(S(=O)(=O)c3ccccc3)CC2)c([N+](=O)[O-])c1. The van der Waals surface area contributed by atoms with Gasteiger partial charge in [0.15, 0.2) is 0 Å². The van der Waals surface area contributed by atoms with Gasteiger partial charge in [-0.1, -0.05) is 18.2 Å². The Morgan fingerprint density at radius 3 is 2.23 bits per heavy atom. The molecule has 1 fully saturated rings. The summed E-state index contributed by atoms with van der Waals surface area (Å²) in [6.45, 7) is 1.11. The summed E-state index contributed by atoms with van der Waals surface area (Å²) in [4.78, 5) is 23.6. The molecule has 26 heavy (non-hydrogen) atoms. The van der Waals surface area contributed by atoms with Crippen LogP contribution in [0.1, 0.15) is 10.4 Å². The Balaban J connectivity index is 1.79. The van der Waals surface area contributed by atoms with Gasteiger partial charge in [-0.25, -0.2) is 8.42 Å². The summed E-state index contributed by atoms with van der Waals surface area (Å²) in [5.41, 5.74) is 0.456. The zero-order valence-electron chi connectivity index (χ0n) is 13.8. The van der Waals surface area contributed by atoms with Gasteiger partial charge >= 0.3 is 0 Å². The van der Waals surface area contributed by atoms with Crippen LogP contribution < -0.4 is 4.90 Å². The van der Waals surface area contributed by atoms with E-state index in [9.17, 15) is 23.3 Å². The topological polar surface area (TPSA) is 101 Å². The lowest BCUT2D eigenvalue weighted by molar-refractivity contribution is -0.384. The number of nitro benzene ring substituents is 1. The van der Waals surface area contributed by atoms with Crippen LogP contribution >= 0.6 is 0 Å². The lowest BCUT2D eigenvalue weighted by atomic mass is 10.1. The van der Waals surface area contributed by atoms with Gasteiger partial charge in [0, 0.05) is 37.8 Å². The second-order valence-electron chi connectivity index (χ2n) is 5.83. The molecule has 0 unspecified atom stereocenters. The number of carbonyl (C=O) groups excluding carboxylic acids is 1. The van der Waals surface area contributed by atoms with Gasteiger partial charge in [-0.3, -0.25) is 14.9 Å². The maximum absolute atomic E-state index is 12.6. The van der Waals surface area contributed by atoms with E-state index in [1.807, 2.05) is 0 Å². The Bertz CT molecular complexity index is 923. The molecular weight excluding hydrogens is 358 g/mol. The molecule has 2 aromatic rings. The van der Waals surface area contributed by atoms with Crippen LogP contribution in [0.25, 0.3) is 0 Å². The fourth-order valence-electron chi connectivity index (χ4n) is 2.94. The number of aldehydes is 1. The standard InChI is InChI=1S/C17H17N3O5S/c21-13-14-6-7-16(17(12-14)20(22)23)18-8-10-19(11-9-18)26(24,25)15-4-2-1-3-5-15/h1-7,12-13H,8-11H2. The molecule has 1 aliphatic rings. The van der Waals surface area contributed by atoms with Crippen molar-refractivity contribution in [3.63, 3.8) is 0 Å². The highest BCUT2D eigenvalue weighted by atomic mass is 32.2. The Hall–Kier alpha value is -2.78. The summed E-state index contributed by atoms with van der Waals surface area (Å²) < 4.78 is 26.7. The smallest absolute Gasteiger partial charge is 0.293 e. The van der Waals surface area contributed by atoms with E-state index in [4.69, 9.17) is 0 Å². The molecule has 0 bridgehead atoms. The molecule has 0 atom stereocenters. The highest BCUT2D eigenvalue weighted by molar-refractivity contribution is 7.89. The molecule has 1 heterocycles. The first kappa shape index (κ1) is 18.0. The average molecular weight is 375 g/mol. The van der Waals surface area contributed by atoms with Crippen LogP contribution in [-0.2, 0) is 10.0 Å². The quantitative estimate of drug-likeness (QED) is 0.450. The van der Waals surface area contributed by atoms with Crippen LogP contribution in [-0.4, -0.2) is 50.1 Å². The molecule has 0 amide bonds. The zero-order valence-corrected chi connectivity index (χ0v) is 14.6. The molecule has 0 saturated carbocycles. The molecule has 3 rings (SSSR count). The molecule has 0 aromatic heterocycles. The second kappa shape index (κ2) is 7.22. The second-order valence-corrected chi connectivity index (χ2v) is 7.77. The minimum absolute atomic E-state index is 0.158. The summed E-state index contributed by atoms with van der Waals surface area (Å²) in [6, 6.07) is 12.5. The van der Waals surface area contributed by atoms with Crippen molar-refractivity contribution in [3.05, 3.63) is 64.2 Å². The maximum atomic E-state index is 12.6. The summed E-state index contributed by atoms with van der Waals surface area (Å²) in [7, 11) is -3.58. The van der Waals surface area contributed by atoms with Crippen LogP contribution in [0.5, 0.6) is 0 Å². The molecule has 0 N–H and O–H groups in total. The number of benzene rings is 2. The van der Waals surface area contributed by atoms with Crippen molar-refractivity contribution in [1.29, 1.82) is 0 Å². The van der Waals surface area contributed by atoms with Gasteiger partial charge in [0.25, 0.3) is 5.69 Å².